The zero-order valence-electron chi connectivity index (χ0n) is 14.2. The largest absolute Gasteiger partial charge is 0.321 e. The van der Waals surface area contributed by atoms with Crippen LogP contribution in [0.4, 0.5) is 10.8 Å². The number of nitrogens with zero attached hydrogens (tertiary/aromatic N) is 2. The van der Waals surface area contributed by atoms with Crippen LogP contribution < -0.4 is 10.6 Å². The second kappa shape index (κ2) is 8.35. The minimum atomic E-state index is -0.323. The highest BCUT2D eigenvalue weighted by Crippen LogP contribution is 2.17. The number of amides is 2. The lowest BCUT2D eigenvalue weighted by Crippen LogP contribution is -2.14. The van der Waals surface area contributed by atoms with Gasteiger partial charge in [-0.05, 0) is 31.0 Å². The van der Waals surface area contributed by atoms with Crippen molar-refractivity contribution < 1.29 is 9.59 Å². The van der Waals surface area contributed by atoms with E-state index in [0.717, 1.165) is 11.3 Å². The minimum Gasteiger partial charge on any atom is -0.321 e. The van der Waals surface area contributed by atoms with Crippen LogP contribution >= 0.6 is 11.3 Å². The Bertz CT molecular complexity index is 909. The number of aryl methyl sites for hydroxylation is 2. The molecule has 2 amide bonds. The number of anilines is 2. The van der Waals surface area contributed by atoms with Gasteiger partial charge >= 0.3 is 0 Å². The maximum atomic E-state index is 12.2. The smallest absolute Gasteiger partial charge is 0.275 e. The van der Waals surface area contributed by atoms with Crippen LogP contribution in [0.25, 0.3) is 0 Å². The second-order valence-corrected chi connectivity index (χ2v) is 6.57. The molecule has 1 aromatic carbocycles. The van der Waals surface area contributed by atoms with E-state index in [2.05, 4.69) is 20.6 Å². The molecule has 7 heteroatoms. The van der Waals surface area contributed by atoms with Crippen LogP contribution in [0.1, 0.15) is 28.2 Å². The third-order valence-corrected chi connectivity index (χ3v) is 4.38. The van der Waals surface area contributed by atoms with E-state index in [0.29, 0.717) is 23.7 Å². The first-order valence-electron chi connectivity index (χ1n) is 8.13. The molecule has 0 atom stereocenters. The SMILES string of the molecule is Cc1cc(NC(=O)c2csc(NC(=O)CCc3ccccc3)n2)ccn1. The fourth-order valence-electron chi connectivity index (χ4n) is 2.34. The predicted molar refractivity (Wildman–Crippen MR) is 102 cm³/mol. The Labute approximate surface area is 155 Å². The van der Waals surface area contributed by atoms with Crippen molar-refractivity contribution in [2.75, 3.05) is 10.6 Å². The van der Waals surface area contributed by atoms with Crippen LogP contribution in [0.5, 0.6) is 0 Å². The van der Waals surface area contributed by atoms with Gasteiger partial charge < -0.3 is 10.6 Å². The average molecular weight is 366 g/mol. The zero-order valence-corrected chi connectivity index (χ0v) is 15.0. The normalized spacial score (nSPS) is 10.3. The van der Waals surface area contributed by atoms with Gasteiger partial charge in [0, 0.05) is 29.4 Å². The van der Waals surface area contributed by atoms with Gasteiger partial charge in [-0.25, -0.2) is 4.98 Å². The molecule has 0 fully saturated rings. The summed E-state index contributed by atoms with van der Waals surface area (Å²) in [5, 5.41) is 7.54. The van der Waals surface area contributed by atoms with Crippen molar-refractivity contribution in [3.05, 3.63) is 71.0 Å². The van der Waals surface area contributed by atoms with Crippen molar-refractivity contribution in [3.63, 3.8) is 0 Å². The number of hydrogen-bond acceptors (Lipinski definition) is 5. The summed E-state index contributed by atoms with van der Waals surface area (Å²) in [5.74, 6) is -0.448. The Morgan fingerprint density at radius 1 is 1.12 bits per heavy atom. The highest BCUT2D eigenvalue weighted by atomic mass is 32.1. The first-order chi connectivity index (χ1) is 12.6. The monoisotopic (exact) mass is 366 g/mol. The standard InChI is InChI=1S/C19H18N4O2S/c1-13-11-15(9-10-20-13)21-18(25)16-12-26-19(22-16)23-17(24)8-7-14-5-3-2-4-6-14/h2-6,9-12H,7-8H2,1H3,(H,20,21,25)(H,22,23,24). The number of benzene rings is 1. The Morgan fingerprint density at radius 2 is 1.92 bits per heavy atom. The summed E-state index contributed by atoms with van der Waals surface area (Å²) in [5.41, 5.74) is 2.84. The van der Waals surface area contributed by atoms with Crippen molar-refractivity contribution in [1.82, 2.24) is 9.97 Å². The Balaban J connectivity index is 1.53. The molecule has 26 heavy (non-hydrogen) atoms. The van der Waals surface area contributed by atoms with E-state index in [4.69, 9.17) is 0 Å². The summed E-state index contributed by atoms with van der Waals surface area (Å²) in [6, 6.07) is 13.3. The Hall–Kier alpha value is -3.06. The Kier molecular flexibility index (Phi) is 5.70. The third-order valence-electron chi connectivity index (χ3n) is 3.62. The van der Waals surface area contributed by atoms with Gasteiger partial charge in [0.2, 0.25) is 5.91 Å². The molecule has 0 aliphatic heterocycles. The van der Waals surface area contributed by atoms with E-state index >= 15 is 0 Å². The van der Waals surface area contributed by atoms with E-state index in [1.807, 2.05) is 37.3 Å². The summed E-state index contributed by atoms with van der Waals surface area (Å²) >= 11 is 1.23. The molecular weight excluding hydrogens is 348 g/mol. The highest BCUT2D eigenvalue weighted by Gasteiger charge is 2.13. The predicted octanol–water partition coefficient (Wildman–Crippen LogP) is 3.67. The van der Waals surface area contributed by atoms with E-state index in [1.165, 1.54) is 11.3 Å². The van der Waals surface area contributed by atoms with Crippen LogP contribution in [0.2, 0.25) is 0 Å². The summed E-state index contributed by atoms with van der Waals surface area (Å²) in [4.78, 5) is 32.5. The number of carbonyl (C=O) groups is 2. The number of nitrogens with one attached hydrogen (secondary N) is 2. The van der Waals surface area contributed by atoms with Crippen molar-refractivity contribution in [1.29, 1.82) is 0 Å². The summed E-state index contributed by atoms with van der Waals surface area (Å²) < 4.78 is 0. The fraction of sp³-hybridized carbons (Fsp3) is 0.158. The molecule has 0 unspecified atom stereocenters. The molecular formula is C19H18N4O2S. The first kappa shape index (κ1) is 17.8. The molecule has 2 aromatic heterocycles. The van der Waals surface area contributed by atoms with Crippen LogP contribution in [0.15, 0.2) is 54.0 Å². The quantitative estimate of drug-likeness (QED) is 0.697. The summed E-state index contributed by atoms with van der Waals surface area (Å²) in [6.45, 7) is 1.85. The van der Waals surface area contributed by atoms with Gasteiger partial charge in [-0.1, -0.05) is 30.3 Å². The van der Waals surface area contributed by atoms with E-state index < -0.39 is 0 Å². The van der Waals surface area contributed by atoms with E-state index in [-0.39, 0.29) is 17.5 Å². The van der Waals surface area contributed by atoms with Crippen LogP contribution in [-0.2, 0) is 11.2 Å². The van der Waals surface area contributed by atoms with Crippen LogP contribution in [0, 0.1) is 6.92 Å². The molecule has 2 heterocycles. The molecule has 132 valence electrons. The maximum absolute atomic E-state index is 12.2. The molecule has 6 nitrogen and oxygen atoms in total. The van der Waals surface area contributed by atoms with E-state index in [1.54, 1.807) is 23.7 Å². The number of hydrogen-bond donors (Lipinski definition) is 2. The van der Waals surface area contributed by atoms with Gasteiger partial charge in [0.1, 0.15) is 5.69 Å². The third kappa shape index (κ3) is 4.97. The molecule has 0 bridgehead atoms. The molecule has 3 aromatic rings. The number of thiazole rings is 1. The van der Waals surface area contributed by atoms with Crippen molar-refractivity contribution in [2.24, 2.45) is 0 Å². The fourth-order valence-corrected chi connectivity index (χ4v) is 3.05. The molecule has 0 aliphatic rings. The van der Waals surface area contributed by atoms with Crippen LogP contribution in [-0.4, -0.2) is 21.8 Å². The van der Waals surface area contributed by atoms with Crippen molar-refractivity contribution in [3.8, 4) is 0 Å². The van der Waals surface area contributed by atoms with Crippen molar-refractivity contribution in [2.45, 2.75) is 19.8 Å². The maximum Gasteiger partial charge on any atom is 0.275 e. The molecule has 0 saturated heterocycles. The summed E-state index contributed by atoms with van der Waals surface area (Å²) in [7, 11) is 0. The van der Waals surface area contributed by atoms with Gasteiger partial charge in [0.05, 0.1) is 0 Å². The molecule has 3 rings (SSSR count). The lowest BCUT2D eigenvalue weighted by molar-refractivity contribution is -0.116. The van der Waals surface area contributed by atoms with Crippen molar-refractivity contribution >= 4 is 34.0 Å². The van der Waals surface area contributed by atoms with E-state index in [9.17, 15) is 9.59 Å². The zero-order chi connectivity index (χ0) is 18.4. The first-order valence-corrected chi connectivity index (χ1v) is 9.01. The minimum absolute atomic E-state index is 0.125. The number of carbonyl (C=O) groups excluding carboxylic acids is 2. The molecule has 2 N–H and O–H groups in total. The molecule has 0 aliphatic carbocycles. The molecule has 0 radical (unpaired) electrons. The van der Waals surface area contributed by atoms with Gasteiger partial charge in [-0.2, -0.15) is 0 Å². The Morgan fingerprint density at radius 3 is 2.69 bits per heavy atom. The second-order valence-electron chi connectivity index (χ2n) is 5.71. The lowest BCUT2D eigenvalue weighted by Gasteiger charge is -2.03. The lowest BCUT2D eigenvalue weighted by atomic mass is 10.1. The average Bonchev–Trinajstić information content (AvgIpc) is 3.09. The number of aromatic nitrogens is 2. The van der Waals surface area contributed by atoms with Gasteiger partial charge in [0.25, 0.3) is 5.91 Å². The molecule has 0 saturated carbocycles. The molecule has 0 spiro atoms. The number of pyridine rings is 1. The van der Waals surface area contributed by atoms with Crippen LogP contribution in [0.3, 0.4) is 0 Å². The number of rotatable bonds is 6. The van der Waals surface area contributed by atoms with Gasteiger partial charge in [-0.3, -0.25) is 14.6 Å². The topological polar surface area (TPSA) is 84.0 Å². The summed E-state index contributed by atoms with van der Waals surface area (Å²) in [6.07, 6.45) is 2.65. The highest BCUT2D eigenvalue weighted by molar-refractivity contribution is 7.14. The van der Waals surface area contributed by atoms with Gasteiger partial charge in [-0.15, -0.1) is 11.3 Å². The van der Waals surface area contributed by atoms with Gasteiger partial charge in [0.15, 0.2) is 5.13 Å².